The number of fused-ring (bicyclic) bond motifs is 2. The second-order valence-corrected chi connectivity index (χ2v) is 7.47. The Labute approximate surface area is 171 Å². The van der Waals surface area contributed by atoms with Gasteiger partial charge in [-0.05, 0) is 54.1 Å². The Morgan fingerprint density at radius 2 is 1.80 bits per heavy atom. The molecule has 0 bridgehead atoms. The molecule has 0 saturated heterocycles. The molecule has 2 heterocycles. The van der Waals surface area contributed by atoms with Crippen LogP contribution in [-0.4, -0.2) is 26.1 Å². The minimum atomic E-state index is -1.78. The Hall–Kier alpha value is -3.51. The van der Waals surface area contributed by atoms with Crippen molar-refractivity contribution in [1.29, 1.82) is 0 Å². The van der Waals surface area contributed by atoms with Crippen LogP contribution in [0.5, 0.6) is 0 Å². The predicted molar refractivity (Wildman–Crippen MR) is 113 cm³/mol. The highest BCUT2D eigenvalue weighted by Crippen LogP contribution is 2.36. The maximum Gasteiger partial charge on any atom is 0.143 e. The van der Waals surface area contributed by atoms with Crippen LogP contribution >= 0.6 is 0 Å². The van der Waals surface area contributed by atoms with Crippen LogP contribution in [0.25, 0.3) is 27.5 Å². The number of aryl methyl sites for hydroxylation is 1. The van der Waals surface area contributed by atoms with Crippen molar-refractivity contribution in [3.05, 3.63) is 96.1 Å². The van der Waals surface area contributed by atoms with Gasteiger partial charge in [0, 0.05) is 35.1 Å². The fraction of sp³-hybridized carbons (Fsp3) is 0.125. The highest BCUT2D eigenvalue weighted by Gasteiger charge is 2.34. The normalized spacial score (nSPS) is 13.7. The minimum absolute atomic E-state index is 0.319. The molecule has 4 nitrogen and oxygen atoms in total. The lowest BCUT2D eigenvalue weighted by Gasteiger charge is -2.27. The van der Waals surface area contributed by atoms with Crippen LogP contribution in [0.15, 0.2) is 79.1 Å². The van der Waals surface area contributed by atoms with Crippen molar-refractivity contribution in [3.63, 3.8) is 0 Å². The molecule has 0 amide bonds. The summed E-state index contributed by atoms with van der Waals surface area (Å²) in [4.78, 5) is 0. The van der Waals surface area contributed by atoms with E-state index in [0.717, 1.165) is 21.8 Å². The fourth-order valence-corrected chi connectivity index (χ4v) is 4.05. The van der Waals surface area contributed by atoms with Crippen molar-refractivity contribution in [3.8, 4) is 5.69 Å². The Kier molecular flexibility index (Phi) is 4.18. The van der Waals surface area contributed by atoms with Gasteiger partial charge < -0.3 is 9.67 Å². The second kappa shape index (κ2) is 6.78. The van der Waals surface area contributed by atoms with Gasteiger partial charge in [-0.25, -0.2) is 13.5 Å². The molecular formula is C24H19F2N3O. The number of hydrogen-bond donors (Lipinski definition) is 1. The standard InChI is InChI=1S/C24H19F2N3O/c1-28-12-11-20-21(3-2-4-23(20)28)24(30,15-25)17-5-10-22-16(13-17)14-27-29(22)19-8-6-18(26)7-9-19/h2-14,30H,15H2,1H3. The topological polar surface area (TPSA) is 43.0 Å². The van der Waals surface area contributed by atoms with Gasteiger partial charge in [0.1, 0.15) is 18.1 Å². The van der Waals surface area contributed by atoms with Crippen LogP contribution in [0.3, 0.4) is 0 Å². The number of alkyl halides is 1. The quantitative estimate of drug-likeness (QED) is 0.466. The molecule has 0 aliphatic carbocycles. The summed E-state index contributed by atoms with van der Waals surface area (Å²) in [6, 6.07) is 18.7. The molecule has 5 rings (SSSR count). The van der Waals surface area contributed by atoms with E-state index in [-0.39, 0.29) is 5.82 Å². The molecule has 0 radical (unpaired) electrons. The average molecular weight is 403 g/mol. The number of halogens is 2. The van der Waals surface area contributed by atoms with Crippen molar-refractivity contribution >= 4 is 21.8 Å². The molecule has 30 heavy (non-hydrogen) atoms. The highest BCUT2D eigenvalue weighted by molar-refractivity contribution is 5.86. The van der Waals surface area contributed by atoms with E-state index in [2.05, 4.69) is 5.10 Å². The van der Waals surface area contributed by atoms with Crippen LogP contribution < -0.4 is 0 Å². The summed E-state index contributed by atoms with van der Waals surface area (Å²) in [5.74, 6) is -0.319. The van der Waals surface area contributed by atoms with Crippen LogP contribution in [0.2, 0.25) is 0 Å². The Morgan fingerprint density at radius 1 is 1.00 bits per heavy atom. The summed E-state index contributed by atoms with van der Waals surface area (Å²) >= 11 is 0. The van der Waals surface area contributed by atoms with Crippen LogP contribution in [0.4, 0.5) is 8.78 Å². The maximum absolute atomic E-state index is 14.3. The second-order valence-electron chi connectivity index (χ2n) is 7.47. The van der Waals surface area contributed by atoms with Crippen molar-refractivity contribution in [2.45, 2.75) is 5.60 Å². The number of nitrogens with zero attached hydrogens (tertiary/aromatic N) is 3. The van der Waals surface area contributed by atoms with E-state index in [0.29, 0.717) is 16.8 Å². The van der Waals surface area contributed by atoms with Gasteiger partial charge in [0.2, 0.25) is 0 Å². The van der Waals surface area contributed by atoms with Crippen molar-refractivity contribution in [1.82, 2.24) is 14.3 Å². The smallest absolute Gasteiger partial charge is 0.143 e. The zero-order valence-corrected chi connectivity index (χ0v) is 16.3. The first-order valence-electron chi connectivity index (χ1n) is 9.58. The molecule has 5 aromatic rings. The van der Waals surface area contributed by atoms with E-state index in [9.17, 15) is 13.9 Å². The molecule has 0 aliphatic rings. The van der Waals surface area contributed by atoms with E-state index in [1.807, 2.05) is 36.0 Å². The average Bonchev–Trinajstić information content (AvgIpc) is 3.37. The van der Waals surface area contributed by atoms with E-state index in [1.165, 1.54) is 12.1 Å². The molecule has 0 spiro atoms. The summed E-state index contributed by atoms with van der Waals surface area (Å²) in [6.45, 7) is -0.960. The van der Waals surface area contributed by atoms with Gasteiger partial charge in [0.15, 0.2) is 0 Å². The zero-order chi connectivity index (χ0) is 20.9. The summed E-state index contributed by atoms with van der Waals surface area (Å²) in [6.07, 6.45) is 3.55. The Balaban J connectivity index is 1.65. The first kappa shape index (κ1) is 18.5. The van der Waals surface area contributed by atoms with Crippen LogP contribution in [0.1, 0.15) is 11.1 Å². The summed E-state index contributed by atoms with van der Waals surface area (Å²) in [7, 11) is 1.91. The van der Waals surface area contributed by atoms with Gasteiger partial charge in [-0.15, -0.1) is 0 Å². The molecule has 2 aromatic heterocycles. The third-order valence-corrected chi connectivity index (χ3v) is 5.68. The minimum Gasteiger partial charge on any atom is -0.378 e. The molecule has 150 valence electrons. The summed E-state index contributed by atoms with van der Waals surface area (Å²) < 4.78 is 31.2. The molecule has 1 unspecified atom stereocenters. The molecule has 1 atom stereocenters. The molecule has 1 N–H and O–H groups in total. The number of rotatable bonds is 4. The zero-order valence-electron chi connectivity index (χ0n) is 16.3. The van der Waals surface area contributed by atoms with Gasteiger partial charge in [-0.2, -0.15) is 5.10 Å². The first-order valence-corrected chi connectivity index (χ1v) is 9.58. The molecule has 3 aromatic carbocycles. The molecule has 0 aliphatic heterocycles. The monoisotopic (exact) mass is 403 g/mol. The lowest BCUT2D eigenvalue weighted by molar-refractivity contribution is 0.0534. The number of aliphatic hydroxyl groups is 1. The van der Waals surface area contributed by atoms with Gasteiger partial charge in [0.05, 0.1) is 17.4 Å². The number of aromatic nitrogens is 3. The first-order chi connectivity index (χ1) is 14.5. The largest absolute Gasteiger partial charge is 0.378 e. The van der Waals surface area contributed by atoms with E-state index >= 15 is 0 Å². The maximum atomic E-state index is 14.3. The van der Waals surface area contributed by atoms with E-state index in [1.54, 1.807) is 47.3 Å². The highest BCUT2D eigenvalue weighted by atomic mass is 19.1. The third-order valence-electron chi connectivity index (χ3n) is 5.68. The van der Waals surface area contributed by atoms with Crippen LogP contribution in [-0.2, 0) is 12.6 Å². The van der Waals surface area contributed by atoms with Gasteiger partial charge >= 0.3 is 0 Å². The van der Waals surface area contributed by atoms with Crippen LogP contribution in [0, 0.1) is 5.82 Å². The van der Waals surface area contributed by atoms with Crippen molar-refractivity contribution in [2.75, 3.05) is 6.67 Å². The summed E-state index contributed by atoms with van der Waals surface area (Å²) in [5, 5.41) is 17.4. The van der Waals surface area contributed by atoms with E-state index < -0.39 is 12.3 Å². The predicted octanol–water partition coefficient (Wildman–Crippen LogP) is 4.86. The molecular weight excluding hydrogens is 384 g/mol. The van der Waals surface area contributed by atoms with E-state index in [4.69, 9.17) is 0 Å². The lowest BCUT2D eigenvalue weighted by Crippen LogP contribution is -2.30. The third kappa shape index (κ3) is 2.72. The number of benzene rings is 3. The van der Waals surface area contributed by atoms with Gasteiger partial charge in [-0.3, -0.25) is 0 Å². The molecule has 0 saturated carbocycles. The lowest BCUT2D eigenvalue weighted by atomic mass is 9.85. The Morgan fingerprint density at radius 3 is 2.57 bits per heavy atom. The van der Waals surface area contributed by atoms with Crippen molar-refractivity contribution < 1.29 is 13.9 Å². The Bertz CT molecular complexity index is 1370. The van der Waals surface area contributed by atoms with Gasteiger partial charge in [-0.1, -0.05) is 18.2 Å². The number of hydrogen-bond acceptors (Lipinski definition) is 2. The fourth-order valence-electron chi connectivity index (χ4n) is 4.05. The van der Waals surface area contributed by atoms with Gasteiger partial charge in [0.25, 0.3) is 0 Å². The van der Waals surface area contributed by atoms with Crippen molar-refractivity contribution in [2.24, 2.45) is 7.05 Å². The molecule has 6 heteroatoms. The summed E-state index contributed by atoms with van der Waals surface area (Å²) in [5.41, 5.74) is 1.61. The molecule has 0 fully saturated rings. The SMILES string of the molecule is Cn1ccc2c(C(O)(CF)c3ccc4c(cnn4-c4ccc(F)cc4)c3)cccc21.